The van der Waals surface area contributed by atoms with Gasteiger partial charge in [-0.25, -0.2) is 0 Å². The van der Waals surface area contributed by atoms with Crippen LogP contribution in [0.1, 0.15) is 29.2 Å². The summed E-state index contributed by atoms with van der Waals surface area (Å²) in [4.78, 5) is 0. The zero-order chi connectivity index (χ0) is 14.4. The Balaban J connectivity index is 2.03. The minimum absolute atomic E-state index is 0.205. The summed E-state index contributed by atoms with van der Waals surface area (Å²) < 4.78 is 0. The summed E-state index contributed by atoms with van der Waals surface area (Å²) in [6, 6.07) is 20.0. The van der Waals surface area contributed by atoms with E-state index in [1.165, 1.54) is 38.6 Å². The highest BCUT2D eigenvalue weighted by Gasteiger charge is 2.22. The largest absolute Gasteiger partial charge is 0.324 e. The Kier molecular flexibility index (Phi) is 2.83. The topological polar surface area (TPSA) is 26.0 Å². The van der Waals surface area contributed by atoms with Crippen molar-refractivity contribution in [2.75, 3.05) is 0 Å². The molecule has 0 saturated carbocycles. The molecular weight excluding hydrogens is 254 g/mol. The molecular formula is C20H19N. The summed E-state index contributed by atoms with van der Waals surface area (Å²) in [7, 11) is 0. The summed E-state index contributed by atoms with van der Waals surface area (Å²) in [5.41, 5.74) is 13.0. The van der Waals surface area contributed by atoms with E-state index in [1.807, 2.05) is 0 Å². The molecule has 3 aromatic carbocycles. The van der Waals surface area contributed by atoms with Gasteiger partial charge in [0.05, 0.1) is 0 Å². The van der Waals surface area contributed by atoms with Crippen molar-refractivity contribution in [3.63, 3.8) is 0 Å². The molecule has 0 heterocycles. The first-order valence-electron chi connectivity index (χ1n) is 7.62. The zero-order valence-corrected chi connectivity index (χ0v) is 12.3. The SMILES string of the molecule is Cc1ccc(-c2cccc3c2CCC3N)c2ccccc12. The number of hydrogen-bond donors (Lipinski definition) is 1. The highest BCUT2D eigenvalue weighted by atomic mass is 14.6. The van der Waals surface area contributed by atoms with Crippen LogP contribution < -0.4 is 5.73 Å². The molecule has 0 fully saturated rings. The molecule has 0 aromatic heterocycles. The van der Waals surface area contributed by atoms with E-state index in [1.54, 1.807) is 0 Å². The summed E-state index contributed by atoms with van der Waals surface area (Å²) in [5.74, 6) is 0. The fourth-order valence-corrected chi connectivity index (χ4v) is 3.62. The van der Waals surface area contributed by atoms with Crippen LogP contribution in [-0.2, 0) is 6.42 Å². The fourth-order valence-electron chi connectivity index (χ4n) is 3.62. The number of fused-ring (bicyclic) bond motifs is 2. The Morgan fingerprint density at radius 3 is 2.52 bits per heavy atom. The predicted octanol–water partition coefficient (Wildman–Crippen LogP) is 4.76. The lowest BCUT2D eigenvalue weighted by Crippen LogP contribution is -2.04. The van der Waals surface area contributed by atoms with Crippen molar-refractivity contribution in [3.8, 4) is 11.1 Å². The number of benzene rings is 3. The van der Waals surface area contributed by atoms with E-state index in [4.69, 9.17) is 5.73 Å². The van der Waals surface area contributed by atoms with Crippen LogP contribution in [0.2, 0.25) is 0 Å². The minimum atomic E-state index is 0.205. The smallest absolute Gasteiger partial charge is 0.0300 e. The molecule has 21 heavy (non-hydrogen) atoms. The molecule has 3 aromatic rings. The third kappa shape index (κ3) is 1.89. The van der Waals surface area contributed by atoms with Crippen LogP contribution in [0.5, 0.6) is 0 Å². The van der Waals surface area contributed by atoms with Crippen molar-refractivity contribution >= 4 is 10.8 Å². The molecule has 4 rings (SSSR count). The molecule has 1 aliphatic rings. The second-order valence-corrected chi connectivity index (χ2v) is 5.99. The van der Waals surface area contributed by atoms with Gasteiger partial charge in [0.15, 0.2) is 0 Å². The van der Waals surface area contributed by atoms with E-state index < -0.39 is 0 Å². The molecule has 0 aliphatic heterocycles. The highest BCUT2D eigenvalue weighted by molar-refractivity contribution is 5.99. The lowest BCUT2D eigenvalue weighted by atomic mass is 9.91. The minimum Gasteiger partial charge on any atom is -0.324 e. The molecule has 104 valence electrons. The molecule has 0 bridgehead atoms. The average molecular weight is 273 g/mol. The van der Waals surface area contributed by atoms with Crippen molar-refractivity contribution in [1.82, 2.24) is 0 Å². The van der Waals surface area contributed by atoms with Crippen LogP contribution in [0.25, 0.3) is 21.9 Å². The second kappa shape index (κ2) is 4.71. The van der Waals surface area contributed by atoms with E-state index in [0.717, 1.165) is 12.8 Å². The molecule has 0 radical (unpaired) electrons. The second-order valence-electron chi connectivity index (χ2n) is 5.99. The normalized spacial score (nSPS) is 17.1. The third-order valence-electron chi connectivity index (χ3n) is 4.75. The Bertz CT molecular complexity index is 832. The molecule has 1 nitrogen and oxygen atoms in total. The van der Waals surface area contributed by atoms with Gasteiger partial charge >= 0.3 is 0 Å². The molecule has 1 unspecified atom stereocenters. The first-order valence-corrected chi connectivity index (χ1v) is 7.62. The fraction of sp³-hybridized carbons (Fsp3) is 0.200. The summed E-state index contributed by atoms with van der Waals surface area (Å²) >= 11 is 0. The van der Waals surface area contributed by atoms with Gasteiger partial charge < -0.3 is 5.73 Å². The van der Waals surface area contributed by atoms with E-state index in [2.05, 4.69) is 61.5 Å². The van der Waals surface area contributed by atoms with Gasteiger partial charge in [-0.2, -0.15) is 0 Å². The standard InChI is InChI=1S/C20H19N/c1-13-9-10-17(15-6-3-2-5-14(13)15)16-7-4-8-19-18(16)11-12-20(19)21/h2-10,20H,11-12,21H2,1H3. The van der Waals surface area contributed by atoms with Gasteiger partial charge in [0.25, 0.3) is 0 Å². The summed E-state index contributed by atoms with van der Waals surface area (Å²) in [6.45, 7) is 2.18. The van der Waals surface area contributed by atoms with Crippen LogP contribution >= 0.6 is 0 Å². The predicted molar refractivity (Wildman–Crippen MR) is 89.4 cm³/mol. The number of rotatable bonds is 1. The van der Waals surface area contributed by atoms with Gasteiger partial charge in [-0.05, 0) is 58.4 Å². The van der Waals surface area contributed by atoms with E-state index >= 15 is 0 Å². The number of aryl methyl sites for hydroxylation is 1. The van der Waals surface area contributed by atoms with Crippen LogP contribution in [0, 0.1) is 6.92 Å². The van der Waals surface area contributed by atoms with Crippen molar-refractivity contribution < 1.29 is 0 Å². The monoisotopic (exact) mass is 273 g/mol. The summed E-state index contributed by atoms with van der Waals surface area (Å²) in [5, 5.41) is 2.68. The van der Waals surface area contributed by atoms with Gasteiger partial charge in [-0.15, -0.1) is 0 Å². The van der Waals surface area contributed by atoms with Crippen molar-refractivity contribution in [3.05, 3.63) is 71.3 Å². The molecule has 0 spiro atoms. The number of nitrogens with two attached hydrogens (primary N) is 1. The summed E-state index contributed by atoms with van der Waals surface area (Å²) in [6.07, 6.45) is 2.16. The maximum atomic E-state index is 6.23. The van der Waals surface area contributed by atoms with Crippen molar-refractivity contribution in [1.29, 1.82) is 0 Å². The third-order valence-corrected chi connectivity index (χ3v) is 4.75. The van der Waals surface area contributed by atoms with Crippen LogP contribution in [0.3, 0.4) is 0 Å². The van der Waals surface area contributed by atoms with Crippen LogP contribution in [0.4, 0.5) is 0 Å². The first kappa shape index (κ1) is 12.6. The number of hydrogen-bond acceptors (Lipinski definition) is 1. The Hall–Kier alpha value is -2.12. The molecule has 1 heteroatoms. The van der Waals surface area contributed by atoms with E-state index in [-0.39, 0.29) is 6.04 Å². The van der Waals surface area contributed by atoms with Gasteiger partial charge in [-0.3, -0.25) is 0 Å². The molecule has 0 amide bonds. The Labute approximate surface area is 125 Å². The van der Waals surface area contributed by atoms with E-state index in [9.17, 15) is 0 Å². The van der Waals surface area contributed by atoms with Gasteiger partial charge in [-0.1, -0.05) is 54.6 Å². The van der Waals surface area contributed by atoms with Crippen molar-refractivity contribution in [2.45, 2.75) is 25.8 Å². The Morgan fingerprint density at radius 1 is 0.857 bits per heavy atom. The van der Waals surface area contributed by atoms with Crippen LogP contribution in [-0.4, -0.2) is 0 Å². The maximum Gasteiger partial charge on any atom is 0.0300 e. The van der Waals surface area contributed by atoms with Crippen molar-refractivity contribution in [2.24, 2.45) is 5.73 Å². The first-order chi connectivity index (χ1) is 10.3. The maximum absolute atomic E-state index is 6.23. The molecule has 0 saturated heterocycles. The average Bonchev–Trinajstić information content (AvgIpc) is 2.90. The van der Waals surface area contributed by atoms with E-state index in [0.29, 0.717) is 0 Å². The zero-order valence-electron chi connectivity index (χ0n) is 12.3. The lowest BCUT2D eigenvalue weighted by molar-refractivity contribution is 0.713. The highest BCUT2D eigenvalue weighted by Crippen LogP contribution is 2.39. The molecule has 2 N–H and O–H groups in total. The van der Waals surface area contributed by atoms with Gasteiger partial charge in [0, 0.05) is 6.04 Å². The molecule has 1 atom stereocenters. The lowest BCUT2D eigenvalue weighted by Gasteiger charge is -2.13. The van der Waals surface area contributed by atoms with Crippen LogP contribution in [0.15, 0.2) is 54.6 Å². The Morgan fingerprint density at radius 2 is 1.67 bits per heavy atom. The van der Waals surface area contributed by atoms with Gasteiger partial charge in [0.2, 0.25) is 0 Å². The van der Waals surface area contributed by atoms with Gasteiger partial charge in [0.1, 0.15) is 0 Å². The quantitative estimate of drug-likeness (QED) is 0.679. The molecule has 1 aliphatic carbocycles.